The molecule has 0 N–H and O–H groups in total. The fourth-order valence-corrected chi connectivity index (χ4v) is 7.04. The highest BCUT2D eigenvalue weighted by Gasteiger charge is 2.64. The van der Waals surface area contributed by atoms with Crippen molar-refractivity contribution in [1.29, 1.82) is 0 Å². The molecule has 1 spiro atoms. The zero-order valence-electron chi connectivity index (χ0n) is 15.7. The van der Waals surface area contributed by atoms with Crippen molar-refractivity contribution in [2.24, 2.45) is 22.2 Å². The van der Waals surface area contributed by atoms with E-state index in [1.807, 2.05) is 0 Å². The summed E-state index contributed by atoms with van der Waals surface area (Å²) < 4.78 is 0. The van der Waals surface area contributed by atoms with Gasteiger partial charge in [-0.2, -0.15) is 0 Å². The number of ketones is 2. The van der Waals surface area contributed by atoms with Gasteiger partial charge in [0.1, 0.15) is 11.6 Å². The Hall–Kier alpha value is -1.44. The van der Waals surface area contributed by atoms with Gasteiger partial charge in [0.05, 0.1) is 5.41 Å². The molecule has 0 aromatic carbocycles. The van der Waals surface area contributed by atoms with Crippen LogP contribution in [0.4, 0.5) is 0 Å². The van der Waals surface area contributed by atoms with Crippen LogP contribution in [0.15, 0.2) is 34.4 Å². The minimum atomic E-state index is -0.202. The number of hydrogen-bond acceptors (Lipinski definition) is 2. The van der Waals surface area contributed by atoms with Crippen molar-refractivity contribution in [3.8, 4) is 0 Å². The van der Waals surface area contributed by atoms with Gasteiger partial charge in [0.15, 0.2) is 0 Å². The maximum absolute atomic E-state index is 13.1. The highest BCUT2D eigenvalue weighted by molar-refractivity contribution is 5.94. The van der Waals surface area contributed by atoms with Crippen LogP contribution in [-0.4, -0.2) is 11.6 Å². The standard InChI is InChI=1S/C23H28O2/c1-14-12-15-13-16(24)4-10-22(15,3)17-6-11-23-18(20(14)17)5-8-21(23,2)9-7-19(23)25/h5,12,14H,4,6-11,13H2,1-3H3/t14-,21+,22?,23-/m1/s1. The molecular weight excluding hydrogens is 308 g/mol. The molecule has 0 bridgehead atoms. The third kappa shape index (κ3) is 1.67. The number of carbonyl (C=O) groups excluding carboxylic acids is 2. The predicted molar refractivity (Wildman–Crippen MR) is 98.0 cm³/mol. The monoisotopic (exact) mass is 336 g/mol. The van der Waals surface area contributed by atoms with E-state index >= 15 is 0 Å². The molecule has 2 nitrogen and oxygen atoms in total. The summed E-state index contributed by atoms with van der Waals surface area (Å²) in [5.41, 5.74) is 5.78. The van der Waals surface area contributed by atoms with E-state index in [2.05, 4.69) is 32.9 Å². The minimum Gasteiger partial charge on any atom is -0.299 e. The van der Waals surface area contributed by atoms with Crippen LogP contribution in [0.3, 0.4) is 0 Å². The van der Waals surface area contributed by atoms with Gasteiger partial charge in [0, 0.05) is 24.7 Å². The molecule has 5 aliphatic carbocycles. The molecule has 5 rings (SSSR count). The normalized spacial score (nSPS) is 45.5. The van der Waals surface area contributed by atoms with Gasteiger partial charge < -0.3 is 0 Å². The largest absolute Gasteiger partial charge is 0.299 e. The Morgan fingerprint density at radius 1 is 1.04 bits per heavy atom. The molecule has 2 fully saturated rings. The molecule has 0 radical (unpaired) electrons. The SMILES string of the molecule is C[C@@H]1C=C2CC(=O)CCC2(C)C2=C1C1=CC[C@@]3(C)CCC(=O)[C@@]13CC2. The summed E-state index contributed by atoms with van der Waals surface area (Å²) in [6.45, 7) is 6.98. The van der Waals surface area contributed by atoms with Gasteiger partial charge in [-0.25, -0.2) is 0 Å². The van der Waals surface area contributed by atoms with Crippen LogP contribution in [0.1, 0.15) is 72.1 Å². The lowest BCUT2D eigenvalue weighted by Gasteiger charge is -2.51. The van der Waals surface area contributed by atoms with Crippen LogP contribution in [0.5, 0.6) is 0 Å². The lowest BCUT2D eigenvalue weighted by Crippen LogP contribution is -2.45. The van der Waals surface area contributed by atoms with Crippen molar-refractivity contribution in [2.45, 2.75) is 72.1 Å². The zero-order chi connectivity index (χ0) is 17.6. The Kier molecular flexibility index (Phi) is 2.93. The Bertz CT molecular complexity index is 810. The molecule has 0 aromatic rings. The average molecular weight is 336 g/mol. The van der Waals surface area contributed by atoms with Crippen molar-refractivity contribution >= 4 is 11.6 Å². The Labute approximate surface area is 150 Å². The van der Waals surface area contributed by atoms with Gasteiger partial charge >= 0.3 is 0 Å². The molecule has 2 saturated carbocycles. The van der Waals surface area contributed by atoms with Gasteiger partial charge in [0.2, 0.25) is 0 Å². The molecule has 132 valence electrons. The quantitative estimate of drug-likeness (QED) is 0.577. The van der Waals surface area contributed by atoms with Crippen molar-refractivity contribution in [3.05, 3.63) is 34.4 Å². The first kappa shape index (κ1) is 15.8. The van der Waals surface area contributed by atoms with Crippen LogP contribution < -0.4 is 0 Å². The molecule has 25 heavy (non-hydrogen) atoms. The lowest BCUT2D eigenvalue weighted by atomic mass is 9.51. The van der Waals surface area contributed by atoms with Gasteiger partial charge in [-0.3, -0.25) is 9.59 Å². The fraction of sp³-hybridized carbons (Fsp3) is 0.652. The topological polar surface area (TPSA) is 34.1 Å². The van der Waals surface area contributed by atoms with E-state index < -0.39 is 0 Å². The Morgan fingerprint density at radius 2 is 1.84 bits per heavy atom. The van der Waals surface area contributed by atoms with Crippen molar-refractivity contribution < 1.29 is 9.59 Å². The predicted octanol–water partition coefficient (Wildman–Crippen LogP) is 5.10. The molecular formula is C23H28O2. The maximum Gasteiger partial charge on any atom is 0.143 e. The van der Waals surface area contributed by atoms with E-state index in [1.165, 1.54) is 16.7 Å². The number of carbonyl (C=O) groups is 2. The Balaban J connectivity index is 1.68. The summed E-state index contributed by atoms with van der Waals surface area (Å²) in [5, 5.41) is 0. The third-order valence-electron chi connectivity index (χ3n) is 8.56. The highest BCUT2D eigenvalue weighted by Crippen LogP contribution is 2.70. The number of fused-ring (bicyclic) bond motifs is 3. The van der Waals surface area contributed by atoms with Gasteiger partial charge in [0.25, 0.3) is 0 Å². The van der Waals surface area contributed by atoms with Crippen LogP contribution in [0.2, 0.25) is 0 Å². The highest BCUT2D eigenvalue weighted by atomic mass is 16.1. The second-order valence-electron chi connectivity index (χ2n) is 9.63. The molecule has 5 aliphatic rings. The van der Waals surface area contributed by atoms with Crippen LogP contribution in [-0.2, 0) is 9.59 Å². The van der Waals surface area contributed by atoms with Crippen LogP contribution in [0.25, 0.3) is 0 Å². The van der Waals surface area contributed by atoms with Gasteiger partial charge in [-0.05, 0) is 54.6 Å². The first-order valence-electron chi connectivity index (χ1n) is 10.0. The molecule has 4 atom stereocenters. The summed E-state index contributed by atoms with van der Waals surface area (Å²) in [5.74, 6) is 1.23. The van der Waals surface area contributed by atoms with Crippen LogP contribution >= 0.6 is 0 Å². The summed E-state index contributed by atoms with van der Waals surface area (Å²) in [6.07, 6.45) is 12.0. The average Bonchev–Trinajstić information content (AvgIpc) is 3.01. The molecule has 0 amide bonds. The fourth-order valence-electron chi connectivity index (χ4n) is 7.04. The summed E-state index contributed by atoms with van der Waals surface area (Å²) >= 11 is 0. The van der Waals surface area contributed by atoms with E-state index in [1.54, 1.807) is 5.57 Å². The first-order valence-corrected chi connectivity index (χ1v) is 10.0. The van der Waals surface area contributed by atoms with Crippen molar-refractivity contribution in [3.63, 3.8) is 0 Å². The second-order valence-corrected chi connectivity index (χ2v) is 9.63. The summed E-state index contributed by atoms with van der Waals surface area (Å²) in [7, 11) is 0. The van der Waals surface area contributed by atoms with E-state index in [4.69, 9.17) is 0 Å². The van der Waals surface area contributed by atoms with E-state index in [-0.39, 0.29) is 16.2 Å². The van der Waals surface area contributed by atoms with Crippen molar-refractivity contribution in [2.75, 3.05) is 0 Å². The maximum atomic E-state index is 13.1. The minimum absolute atomic E-state index is 0.0544. The summed E-state index contributed by atoms with van der Waals surface area (Å²) in [6, 6.07) is 0. The molecule has 2 heteroatoms. The van der Waals surface area contributed by atoms with Crippen LogP contribution in [0, 0.1) is 22.2 Å². The number of Topliss-reactive ketones (excluding diaryl/α,β-unsaturated/α-hetero) is 2. The molecule has 0 aromatic heterocycles. The molecule has 0 heterocycles. The molecule has 1 unspecified atom stereocenters. The summed E-state index contributed by atoms with van der Waals surface area (Å²) in [4.78, 5) is 25.1. The van der Waals surface area contributed by atoms with E-state index in [9.17, 15) is 9.59 Å². The smallest absolute Gasteiger partial charge is 0.143 e. The number of allylic oxidation sites excluding steroid dienone is 6. The van der Waals surface area contributed by atoms with E-state index in [0.717, 1.165) is 38.5 Å². The molecule has 0 saturated heterocycles. The van der Waals surface area contributed by atoms with Gasteiger partial charge in [-0.1, -0.05) is 44.1 Å². The van der Waals surface area contributed by atoms with Crippen molar-refractivity contribution in [1.82, 2.24) is 0 Å². The molecule has 0 aliphatic heterocycles. The Morgan fingerprint density at radius 3 is 2.64 bits per heavy atom. The number of hydrogen-bond donors (Lipinski definition) is 0. The third-order valence-corrected chi connectivity index (χ3v) is 8.56. The van der Waals surface area contributed by atoms with E-state index in [0.29, 0.717) is 30.3 Å². The first-order chi connectivity index (χ1) is 11.8. The zero-order valence-corrected chi connectivity index (χ0v) is 15.7. The number of rotatable bonds is 0. The lowest BCUT2D eigenvalue weighted by molar-refractivity contribution is -0.127. The van der Waals surface area contributed by atoms with Gasteiger partial charge in [-0.15, -0.1) is 0 Å². The second kappa shape index (κ2) is 4.64.